The number of hydrogen-bond acceptors (Lipinski definition) is 2. The van der Waals surface area contributed by atoms with Crippen LogP contribution in [-0.4, -0.2) is 6.04 Å². The summed E-state index contributed by atoms with van der Waals surface area (Å²) in [5, 5.41) is 3.32. The molecule has 2 aromatic rings. The van der Waals surface area contributed by atoms with Crippen molar-refractivity contribution < 1.29 is 8.78 Å². The zero-order valence-electron chi connectivity index (χ0n) is 11.9. The number of hydrogen-bond donors (Lipinski definition) is 1. The molecule has 0 aliphatic heterocycles. The van der Waals surface area contributed by atoms with Crippen LogP contribution in [0.1, 0.15) is 35.2 Å². The third-order valence-electron chi connectivity index (χ3n) is 3.26. The van der Waals surface area contributed by atoms with E-state index in [4.69, 9.17) is 0 Å². The van der Waals surface area contributed by atoms with Crippen LogP contribution in [0.15, 0.2) is 30.3 Å². The highest BCUT2D eigenvalue weighted by Gasteiger charge is 2.15. The molecule has 0 spiro atoms. The predicted octanol–water partition coefficient (Wildman–Crippen LogP) is 4.62. The molecule has 0 saturated carbocycles. The number of nitrogens with one attached hydrogen (secondary N) is 1. The third-order valence-corrected chi connectivity index (χ3v) is 4.29. The van der Waals surface area contributed by atoms with E-state index in [1.807, 2.05) is 6.92 Å². The summed E-state index contributed by atoms with van der Waals surface area (Å²) in [6.07, 6.45) is 0.889. The van der Waals surface area contributed by atoms with Crippen LogP contribution < -0.4 is 5.32 Å². The van der Waals surface area contributed by atoms with Crippen molar-refractivity contribution in [1.29, 1.82) is 0 Å². The number of benzene rings is 1. The molecule has 0 fully saturated rings. The summed E-state index contributed by atoms with van der Waals surface area (Å²) in [5.41, 5.74) is 0.374. The molecule has 1 aromatic heterocycles. The van der Waals surface area contributed by atoms with E-state index in [-0.39, 0.29) is 17.9 Å². The maximum absolute atomic E-state index is 13.7. The maximum atomic E-state index is 13.7. The molecular formula is C16H19F2NS. The van der Waals surface area contributed by atoms with E-state index in [1.165, 1.54) is 21.9 Å². The average Bonchev–Trinajstić information content (AvgIpc) is 2.77. The molecule has 0 bridgehead atoms. The summed E-state index contributed by atoms with van der Waals surface area (Å²) >= 11 is 1.77. The minimum atomic E-state index is -0.406. The van der Waals surface area contributed by atoms with Crippen molar-refractivity contribution >= 4 is 11.3 Å². The van der Waals surface area contributed by atoms with Crippen LogP contribution in [0.5, 0.6) is 0 Å². The first-order valence-corrected chi connectivity index (χ1v) is 7.53. The molecular weight excluding hydrogens is 276 g/mol. The Morgan fingerprint density at radius 1 is 1.15 bits per heavy atom. The van der Waals surface area contributed by atoms with E-state index in [2.05, 4.69) is 31.3 Å². The standard InChI is InChI=1S/C16H19F2NS/c1-10(8-14-6-4-11(2)20-14)19-12(3)15-9-13(17)5-7-16(15)18/h4-7,9-10,12,19H,8H2,1-3H3. The van der Waals surface area contributed by atoms with Gasteiger partial charge in [-0.05, 0) is 57.5 Å². The quantitative estimate of drug-likeness (QED) is 0.849. The lowest BCUT2D eigenvalue weighted by Gasteiger charge is -2.20. The lowest BCUT2D eigenvalue weighted by molar-refractivity contribution is 0.459. The summed E-state index contributed by atoms with van der Waals surface area (Å²) in [6.45, 7) is 5.99. The van der Waals surface area contributed by atoms with Gasteiger partial charge in [0, 0.05) is 27.4 Å². The Morgan fingerprint density at radius 2 is 1.90 bits per heavy atom. The van der Waals surface area contributed by atoms with E-state index in [0.717, 1.165) is 12.5 Å². The van der Waals surface area contributed by atoms with Gasteiger partial charge in [0.15, 0.2) is 0 Å². The smallest absolute Gasteiger partial charge is 0.128 e. The van der Waals surface area contributed by atoms with Crippen molar-refractivity contribution in [3.05, 3.63) is 57.3 Å². The van der Waals surface area contributed by atoms with E-state index >= 15 is 0 Å². The lowest BCUT2D eigenvalue weighted by atomic mass is 10.1. The van der Waals surface area contributed by atoms with Gasteiger partial charge >= 0.3 is 0 Å². The average molecular weight is 295 g/mol. The topological polar surface area (TPSA) is 12.0 Å². The van der Waals surface area contributed by atoms with Crippen molar-refractivity contribution in [2.24, 2.45) is 0 Å². The minimum absolute atomic E-state index is 0.200. The van der Waals surface area contributed by atoms with Gasteiger partial charge in [0.2, 0.25) is 0 Å². The minimum Gasteiger partial charge on any atom is -0.307 e. The Balaban J connectivity index is 1.99. The third kappa shape index (κ3) is 3.87. The summed E-state index contributed by atoms with van der Waals surface area (Å²) in [5.74, 6) is -0.776. The zero-order valence-corrected chi connectivity index (χ0v) is 12.7. The molecule has 1 nitrogen and oxygen atoms in total. The molecule has 0 aliphatic carbocycles. The molecule has 0 aliphatic rings. The van der Waals surface area contributed by atoms with Crippen molar-refractivity contribution in [2.75, 3.05) is 0 Å². The van der Waals surface area contributed by atoms with Gasteiger partial charge in [-0.2, -0.15) is 0 Å². The van der Waals surface area contributed by atoms with Crippen molar-refractivity contribution in [1.82, 2.24) is 5.32 Å². The van der Waals surface area contributed by atoms with E-state index in [0.29, 0.717) is 5.56 Å². The molecule has 0 radical (unpaired) electrons. The Hall–Kier alpha value is -1.26. The molecule has 108 valence electrons. The molecule has 4 heteroatoms. The first kappa shape index (κ1) is 15.1. The number of aryl methyl sites for hydroxylation is 1. The van der Waals surface area contributed by atoms with Crippen LogP contribution >= 0.6 is 11.3 Å². The molecule has 1 heterocycles. The van der Waals surface area contributed by atoms with Gasteiger partial charge < -0.3 is 5.32 Å². The maximum Gasteiger partial charge on any atom is 0.128 e. The van der Waals surface area contributed by atoms with Gasteiger partial charge in [-0.1, -0.05) is 0 Å². The summed E-state index contributed by atoms with van der Waals surface area (Å²) < 4.78 is 26.9. The largest absolute Gasteiger partial charge is 0.307 e. The zero-order chi connectivity index (χ0) is 14.7. The fourth-order valence-corrected chi connectivity index (χ4v) is 3.34. The second-order valence-electron chi connectivity index (χ2n) is 5.17. The van der Waals surface area contributed by atoms with Gasteiger partial charge in [-0.25, -0.2) is 8.78 Å². The van der Waals surface area contributed by atoms with Gasteiger partial charge in [0.1, 0.15) is 11.6 Å². The van der Waals surface area contributed by atoms with Crippen LogP contribution in [0.2, 0.25) is 0 Å². The molecule has 2 rings (SSSR count). The normalized spacial score (nSPS) is 14.2. The summed E-state index contributed by atoms with van der Waals surface area (Å²) in [7, 11) is 0. The van der Waals surface area contributed by atoms with Crippen LogP contribution in [0.3, 0.4) is 0 Å². The van der Waals surface area contributed by atoms with E-state index < -0.39 is 5.82 Å². The van der Waals surface area contributed by atoms with Crippen molar-refractivity contribution in [2.45, 2.75) is 39.3 Å². The van der Waals surface area contributed by atoms with Crippen LogP contribution in [0.4, 0.5) is 8.78 Å². The van der Waals surface area contributed by atoms with Crippen molar-refractivity contribution in [3.8, 4) is 0 Å². The highest BCUT2D eigenvalue weighted by atomic mass is 32.1. The Bertz CT molecular complexity index is 580. The lowest BCUT2D eigenvalue weighted by Crippen LogP contribution is -2.31. The number of thiophene rings is 1. The molecule has 1 aromatic carbocycles. The first-order chi connectivity index (χ1) is 9.45. The van der Waals surface area contributed by atoms with Gasteiger partial charge in [0.05, 0.1) is 0 Å². The van der Waals surface area contributed by atoms with Crippen LogP contribution in [0, 0.1) is 18.6 Å². The molecule has 2 unspecified atom stereocenters. The van der Waals surface area contributed by atoms with E-state index in [1.54, 1.807) is 11.3 Å². The first-order valence-electron chi connectivity index (χ1n) is 6.72. The number of rotatable bonds is 5. The Labute approximate surface area is 122 Å². The predicted molar refractivity (Wildman–Crippen MR) is 80.1 cm³/mol. The summed E-state index contributed by atoms with van der Waals surface area (Å²) in [6, 6.07) is 7.77. The molecule has 20 heavy (non-hydrogen) atoms. The molecule has 0 saturated heterocycles. The van der Waals surface area contributed by atoms with Gasteiger partial charge in [-0.3, -0.25) is 0 Å². The summed E-state index contributed by atoms with van der Waals surface area (Å²) in [4.78, 5) is 2.59. The van der Waals surface area contributed by atoms with Gasteiger partial charge in [-0.15, -0.1) is 11.3 Å². The molecule has 0 amide bonds. The van der Waals surface area contributed by atoms with Crippen molar-refractivity contribution in [3.63, 3.8) is 0 Å². The van der Waals surface area contributed by atoms with E-state index in [9.17, 15) is 8.78 Å². The number of halogens is 2. The Morgan fingerprint density at radius 3 is 2.55 bits per heavy atom. The monoisotopic (exact) mass is 295 g/mol. The van der Waals surface area contributed by atoms with Crippen LogP contribution in [0.25, 0.3) is 0 Å². The van der Waals surface area contributed by atoms with Crippen LogP contribution in [-0.2, 0) is 6.42 Å². The fraction of sp³-hybridized carbons (Fsp3) is 0.375. The molecule has 1 N–H and O–H groups in total. The van der Waals surface area contributed by atoms with Gasteiger partial charge in [0.25, 0.3) is 0 Å². The SMILES string of the molecule is Cc1ccc(CC(C)NC(C)c2cc(F)ccc2F)s1. The second kappa shape index (κ2) is 6.46. The highest BCUT2D eigenvalue weighted by Crippen LogP contribution is 2.21. The highest BCUT2D eigenvalue weighted by molar-refractivity contribution is 7.11. The second-order valence-corrected chi connectivity index (χ2v) is 6.54. The fourth-order valence-electron chi connectivity index (χ4n) is 2.32. The molecule has 2 atom stereocenters. The Kier molecular flexibility index (Phi) is 4.89.